The zero-order chi connectivity index (χ0) is 8.55. The van der Waals surface area contributed by atoms with Crippen LogP contribution in [0.4, 0.5) is 10.2 Å². The molecule has 5 heteroatoms. The lowest BCUT2D eigenvalue weighted by Crippen LogP contribution is -1.83. The van der Waals surface area contributed by atoms with Gasteiger partial charge in [0, 0.05) is 5.87 Å². The molecular formula is C7H3FN4. The Hall–Kier alpha value is -1.87. The number of halogens is 1. The second kappa shape index (κ2) is 2.32. The van der Waals surface area contributed by atoms with Crippen molar-refractivity contribution in [3.8, 4) is 0 Å². The van der Waals surface area contributed by atoms with E-state index in [1.165, 1.54) is 6.07 Å². The van der Waals surface area contributed by atoms with Crippen LogP contribution in [0.5, 0.6) is 0 Å². The van der Waals surface area contributed by atoms with Crippen molar-refractivity contribution in [3.05, 3.63) is 23.6 Å². The molecular weight excluding hydrogens is 159 g/mol. The Kier molecular flexibility index (Phi) is 1.32. The predicted molar refractivity (Wildman–Crippen MR) is 39.8 cm³/mol. The number of hydrogen-bond donors (Lipinski definition) is 1. The van der Waals surface area contributed by atoms with E-state index in [-0.39, 0.29) is 5.70 Å². The van der Waals surface area contributed by atoms with Crippen molar-refractivity contribution in [1.82, 2.24) is 4.98 Å². The normalized spacial score (nSPS) is 12.9. The zero-order valence-electron chi connectivity index (χ0n) is 5.87. The first kappa shape index (κ1) is 6.82. The van der Waals surface area contributed by atoms with E-state index in [4.69, 9.17) is 5.41 Å². The molecule has 12 heavy (non-hydrogen) atoms. The minimum Gasteiger partial charge on any atom is -0.257 e. The zero-order valence-corrected chi connectivity index (χ0v) is 5.87. The minimum atomic E-state index is -0.464. The maximum absolute atomic E-state index is 12.6. The molecule has 0 amide bonds. The van der Waals surface area contributed by atoms with Crippen LogP contribution in [0.25, 0.3) is 5.70 Å². The van der Waals surface area contributed by atoms with Crippen LogP contribution in [0.3, 0.4) is 0 Å². The summed E-state index contributed by atoms with van der Waals surface area (Å²) in [5, 5.41) is 14.0. The monoisotopic (exact) mass is 162 g/mol. The topological polar surface area (TPSA) is 61.5 Å². The van der Waals surface area contributed by atoms with Gasteiger partial charge in [-0.1, -0.05) is 0 Å². The van der Waals surface area contributed by atoms with Gasteiger partial charge in [0.15, 0.2) is 11.5 Å². The molecule has 1 N–H and O–H groups in total. The van der Waals surface area contributed by atoms with Crippen LogP contribution in [0, 0.1) is 11.2 Å². The summed E-state index contributed by atoms with van der Waals surface area (Å²) in [6, 6.07) is 1.24. The fraction of sp³-hybridized carbons (Fsp3) is 0. The number of fused-ring (bicyclic) bond motifs is 1. The predicted octanol–water partition coefficient (Wildman–Crippen LogP) is 1.91. The number of aromatic nitrogens is 1. The molecule has 1 aliphatic rings. The second-order valence-electron chi connectivity index (χ2n) is 2.20. The molecule has 0 unspecified atom stereocenters. The van der Waals surface area contributed by atoms with Crippen LogP contribution in [0.15, 0.2) is 22.5 Å². The van der Waals surface area contributed by atoms with Crippen molar-refractivity contribution in [2.75, 3.05) is 0 Å². The van der Waals surface area contributed by atoms with Crippen molar-refractivity contribution >= 4 is 17.4 Å². The fourth-order valence-electron chi connectivity index (χ4n) is 0.930. The molecule has 1 aromatic heterocycles. The molecule has 58 valence electrons. The summed E-state index contributed by atoms with van der Waals surface area (Å²) in [6.07, 6.45) is 1.06. The van der Waals surface area contributed by atoms with E-state index in [0.717, 1.165) is 6.20 Å². The molecule has 1 aliphatic heterocycles. The van der Waals surface area contributed by atoms with Gasteiger partial charge in [-0.2, -0.15) is 0 Å². The van der Waals surface area contributed by atoms with Gasteiger partial charge in [-0.15, -0.1) is 10.2 Å². The summed E-state index contributed by atoms with van der Waals surface area (Å²) in [5.74, 6) is 1.92. The second-order valence-corrected chi connectivity index (χ2v) is 2.20. The minimum absolute atomic E-state index is 0.219. The highest BCUT2D eigenvalue weighted by Crippen LogP contribution is 2.31. The smallest absolute Gasteiger partial charge is 0.184 e. The van der Waals surface area contributed by atoms with Crippen molar-refractivity contribution in [3.63, 3.8) is 0 Å². The molecule has 0 aliphatic carbocycles. The van der Waals surface area contributed by atoms with Gasteiger partial charge in [0.05, 0.1) is 11.8 Å². The molecule has 2 heterocycles. The number of nitrogens with zero attached hydrogens (tertiary/aromatic N) is 3. The molecule has 2 rings (SSSR count). The lowest BCUT2D eigenvalue weighted by Gasteiger charge is -1.92. The van der Waals surface area contributed by atoms with Gasteiger partial charge in [0.25, 0.3) is 0 Å². The highest BCUT2D eigenvalue weighted by atomic mass is 19.1. The van der Waals surface area contributed by atoms with Gasteiger partial charge in [-0.25, -0.2) is 9.37 Å². The maximum Gasteiger partial charge on any atom is 0.184 e. The summed E-state index contributed by atoms with van der Waals surface area (Å²) in [4.78, 5) is 3.68. The molecule has 0 saturated heterocycles. The Balaban J connectivity index is 2.70. The Bertz CT molecular complexity index is 417. The standard InChI is InChI=1S/C7H3FN4/c8-4-1-5-6(2-9)11-12-7(5)10-3-4/h1,3,9H. The van der Waals surface area contributed by atoms with Gasteiger partial charge in [-0.3, -0.25) is 5.41 Å². The van der Waals surface area contributed by atoms with Gasteiger partial charge in [0.1, 0.15) is 5.82 Å². The summed E-state index contributed by atoms with van der Waals surface area (Å²) >= 11 is 0. The van der Waals surface area contributed by atoms with E-state index in [2.05, 4.69) is 15.2 Å². The van der Waals surface area contributed by atoms with Crippen molar-refractivity contribution in [1.29, 1.82) is 5.41 Å². The number of pyridine rings is 1. The number of rotatable bonds is 0. The first-order valence-corrected chi connectivity index (χ1v) is 3.18. The third kappa shape index (κ3) is 0.844. The average Bonchev–Trinajstić information content (AvgIpc) is 2.46. The van der Waals surface area contributed by atoms with Crippen LogP contribution in [0.1, 0.15) is 5.56 Å². The molecule has 4 nitrogen and oxygen atoms in total. The molecule has 0 spiro atoms. The molecule has 0 aromatic carbocycles. The van der Waals surface area contributed by atoms with E-state index in [1.807, 2.05) is 5.87 Å². The first-order chi connectivity index (χ1) is 5.81. The van der Waals surface area contributed by atoms with Crippen LogP contribution in [-0.2, 0) is 0 Å². The van der Waals surface area contributed by atoms with E-state index < -0.39 is 5.82 Å². The van der Waals surface area contributed by atoms with E-state index in [9.17, 15) is 4.39 Å². The molecule has 0 radical (unpaired) electrons. The fourth-order valence-corrected chi connectivity index (χ4v) is 0.930. The lowest BCUT2D eigenvalue weighted by atomic mass is 10.2. The van der Waals surface area contributed by atoms with Gasteiger partial charge < -0.3 is 0 Å². The Morgan fingerprint density at radius 2 is 2.25 bits per heavy atom. The van der Waals surface area contributed by atoms with Gasteiger partial charge >= 0.3 is 0 Å². The first-order valence-electron chi connectivity index (χ1n) is 3.18. The van der Waals surface area contributed by atoms with Crippen LogP contribution < -0.4 is 0 Å². The lowest BCUT2D eigenvalue weighted by molar-refractivity contribution is 0.621. The van der Waals surface area contributed by atoms with E-state index in [0.29, 0.717) is 11.4 Å². The molecule has 0 bridgehead atoms. The van der Waals surface area contributed by atoms with E-state index in [1.54, 1.807) is 0 Å². The van der Waals surface area contributed by atoms with Crippen LogP contribution in [-0.4, -0.2) is 10.9 Å². The average molecular weight is 162 g/mol. The third-order valence-electron chi connectivity index (χ3n) is 1.45. The van der Waals surface area contributed by atoms with Gasteiger partial charge in [-0.05, 0) is 6.07 Å². The Morgan fingerprint density at radius 3 is 3.00 bits per heavy atom. The summed E-state index contributed by atoms with van der Waals surface area (Å²) in [5.41, 5.74) is 0.641. The largest absolute Gasteiger partial charge is 0.257 e. The SMILES string of the molecule is N=C=C1N=Nc2ncc(F)cc21. The quantitative estimate of drug-likeness (QED) is 0.582. The number of azo groups is 1. The summed E-state index contributed by atoms with van der Waals surface area (Å²) in [6.45, 7) is 0. The maximum atomic E-state index is 12.6. The molecule has 1 aromatic rings. The molecule has 0 saturated carbocycles. The summed E-state index contributed by atoms with van der Waals surface area (Å²) in [7, 11) is 0. The van der Waals surface area contributed by atoms with E-state index >= 15 is 0 Å². The van der Waals surface area contributed by atoms with Crippen molar-refractivity contribution in [2.24, 2.45) is 10.2 Å². The Morgan fingerprint density at radius 1 is 1.42 bits per heavy atom. The number of nitrogens with one attached hydrogen (secondary N) is 1. The highest BCUT2D eigenvalue weighted by molar-refractivity contribution is 5.92. The third-order valence-corrected chi connectivity index (χ3v) is 1.45. The van der Waals surface area contributed by atoms with Crippen molar-refractivity contribution < 1.29 is 4.39 Å². The highest BCUT2D eigenvalue weighted by Gasteiger charge is 2.15. The molecule has 0 fully saturated rings. The van der Waals surface area contributed by atoms with Crippen LogP contribution in [0.2, 0.25) is 0 Å². The van der Waals surface area contributed by atoms with Crippen molar-refractivity contribution in [2.45, 2.75) is 0 Å². The number of hydrogen-bond acceptors (Lipinski definition) is 4. The molecule has 0 atom stereocenters. The van der Waals surface area contributed by atoms with Crippen LogP contribution >= 0.6 is 0 Å². The van der Waals surface area contributed by atoms with Gasteiger partial charge in [0.2, 0.25) is 0 Å². The Labute approximate surface area is 67.0 Å². The summed E-state index contributed by atoms with van der Waals surface area (Å²) < 4.78 is 12.6.